The number of hydrogen-bond donors (Lipinski definition) is 1. The van der Waals surface area contributed by atoms with Crippen LogP contribution in [0.1, 0.15) is 30.2 Å². The van der Waals surface area contributed by atoms with Crippen LogP contribution < -0.4 is 10.1 Å². The molecule has 1 aromatic heterocycles. The van der Waals surface area contributed by atoms with Gasteiger partial charge in [0.1, 0.15) is 5.75 Å². The second-order valence-corrected chi connectivity index (χ2v) is 5.78. The van der Waals surface area contributed by atoms with Gasteiger partial charge in [-0.05, 0) is 48.5 Å². The molecule has 0 unspecified atom stereocenters. The van der Waals surface area contributed by atoms with Gasteiger partial charge in [-0.2, -0.15) is 0 Å². The smallest absolute Gasteiger partial charge is 0.255 e. The number of ether oxygens (including phenoxy) is 1. The molecular weight excluding hydrogens is 318 g/mol. The summed E-state index contributed by atoms with van der Waals surface area (Å²) in [6.45, 7) is 4.00. The van der Waals surface area contributed by atoms with Crippen molar-refractivity contribution in [2.45, 2.75) is 19.9 Å². The first-order valence-electron chi connectivity index (χ1n) is 7.93. The van der Waals surface area contributed by atoms with Gasteiger partial charge < -0.3 is 10.1 Å². The number of carbonyl (C=O) groups excluding carboxylic acids is 1. The van der Waals surface area contributed by atoms with E-state index in [0.717, 1.165) is 5.56 Å². The van der Waals surface area contributed by atoms with E-state index in [1.165, 1.54) is 0 Å². The molecular formula is C18H19N5O2. The van der Waals surface area contributed by atoms with Gasteiger partial charge in [0.25, 0.3) is 5.91 Å². The highest BCUT2D eigenvalue weighted by molar-refractivity contribution is 6.05. The molecule has 0 fully saturated rings. The monoisotopic (exact) mass is 337 g/mol. The summed E-state index contributed by atoms with van der Waals surface area (Å²) in [6.07, 6.45) is 0. The number of rotatable bonds is 5. The number of hydrogen-bond acceptors (Lipinski definition) is 5. The largest absolute Gasteiger partial charge is 0.495 e. The molecule has 1 heterocycles. The number of anilines is 1. The van der Waals surface area contributed by atoms with Crippen LogP contribution in [0.4, 0.5) is 5.69 Å². The zero-order chi connectivity index (χ0) is 17.8. The molecule has 3 rings (SSSR count). The maximum Gasteiger partial charge on any atom is 0.255 e. The standard InChI is InChI=1S/C18H19N5O2/c1-12(2)23-17(20-21-22-23)13-7-6-8-14(11-13)18(24)19-15-9-4-5-10-16(15)25-3/h4-12H,1-3H3,(H,19,24). The van der Waals surface area contributed by atoms with Crippen molar-refractivity contribution in [1.29, 1.82) is 0 Å². The predicted molar refractivity (Wildman–Crippen MR) is 94.6 cm³/mol. The van der Waals surface area contributed by atoms with E-state index in [0.29, 0.717) is 22.8 Å². The van der Waals surface area contributed by atoms with Crippen molar-refractivity contribution >= 4 is 11.6 Å². The van der Waals surface area contributed by atoms with Crippen LogP contribution in [0.2, 0.25) is 0 Å². The molecule has 0 aliphatic heterocycles. The lowest BCUT2D eigenvalue weighted by atomic mass is 10.1. The van der Waals surface area contributed by atoms with E-state index in [-0.39, 0.29) is 11.9 Å². The Morgan fingerprint density at radius 2 is 1.96 bits per heavy atom. The van der Waals surface area contributed by atoms with E-state index < -0.39 is 0 Å². The van der Waals surface area contributed by atoms with E-state index in [2.05, 4.69) is 20.8 Å². The number of benzene rings is 2. The Labute approximate surface area is 145 Å². The Morgan fingerprint density at radius 1 is 1.16 bits per heavy atom. The topological polar surface area (TPSA) is 81.9 Å². The van der Waals surface area contributed by atoms with Crippen molar-refractivity contribution in [3.05, 3.63) is 54.1 Å². The molecule has 7 nitrogen and oxygen atoms in total. The van der Waals surface area contributed by atoms with Crippen LogP contribution >= 0.6 is 0 Å². The second-order valence-electron chi connectivity index (χ2n) is 5.78. The lowest BCUT2D eigenvalue weighted by molar-refractivity contribution is 0.102. The summed E-state index contributed by atoms with van der Waals surface area (Å²) in [5.74, 6) is 1.01. The van der Waals surface area contributed by atoms with Gasteiger partial charge in [-0.1, -0.05) is 24.3 Å². The summed E-state index contributed by atoms with van der Waals surface area (Å²) in [5.41, 5.74) is 1.92. The molecule has 1 amide bonds. The molecule has 3 aromatic rings. The minimum Gasteiger partial charge on any atom is -0.495 e. The molecule has 128 valence electrons. The van der Waals surface area contributed by atoms with E-state index >= 15 is 0 Å². The zero-order valence-electron chi connectivity index (χ0n) is 14.3. The van der Waals surface area contributed by atoms with Crippen molar-refractivity contribution in [1.82, 2.24) is 20.2 Å². The van der Waals surface area contributed by atoms with Crippen LogP contribution in [0.3, 0.4) is 0 Å². The Bertz CT molecular complexity index is 888. The fraction of sp³-hybridized carbons (Fsp3) is 0.222. The van der Waals surface area contributed by atoms with Crippen LogP contribution in [-0.2, 0) is 0 Å². The van der Waals surface area contributed by atoms with Crippen LogP contribution in [0.25, 0.3) is 11.4 Å². The molecule has 25 heavy (non-hydrogen) atoms. The quantitative estimate of drug-likeness (QED) is 0.773. The molecule has 2 aromatic carbocycles. The number of nitrogens with zero attached hydrogens (tertiary/aromatic N) is 4. The van der Waals surface area contributed by atoms with Gasteiger partial charge in [0.2, 0.25) is 0 Å². The minimum atomic E-state index is -0.227. The number of methoxy groups -OCH3 is 1. The third-order valence-electron chi connectivity index (χ3n) is 3.72. The summed E-state index contributed by atoms with van der Waals surface area (Å²) < 4.78 is 6.98. The van der Waals surface area contributed by atoms with Gasteiger partial charge in [0.05, 0.1) is 18.8 Å². The normalized spacial score (nSPS) is 10.7. The summed E-state index contributed by atoms with van der Waals surface area (Å²) in [6, 6.07) is 14.6. The van der Waals surface area contributed by atoms with Gasteiger partial charge in [-0.3, -0.25) is 4.79 Å². The summed E-state index contributed by atoms with van der Waals surface area (Å²) in [5, 5.41) is 14.7. The summed E-state index contributed by atoms with van der Waals surface area (Å²) in [7, 11) is 1.57. The van der Waals surface area contributed by atoms with Gasteiger partial charge >= 0.3 is 0 Å². The first kappa shape index (κ1) is 16.6. The number of carbonyl (C=O) groups is 1. The van der Waals surface area contributed by atoms with Crippen molar-refractivity contribution in [3.8, 4) is 17.1 Å². The lowest BCUT2D eigenvalue weighted by Gasteiger charge is -2.11. The third-order valence-corrected chi connectivity index (χ3v) is 3.72. The zero-order valence-corrected chi connectivity index (χ0v) is 14.3. The lowest BCUT2D eigenvalue weighted by Crippen LogP contribution is -2.13. The SMILES string of the molecule is COc1ccccc1NC(=O)c1cccc(-c2nnnn2C(C)C)c1. The van der Waals surface area contributed by atoms with E-state index in [1.54, 1.807) is 36.1 Å². The van der Waals surface area contributed by atoms with E-state index in [4.69, 9.17) is 4.74 Å². The van der Waals surface area contributed by atoms with Crippen LogP contribution in [0.5, 0.6) is 5.75 Å². The fourth-order valence-corrected chi connectivity index (χ4v) is 2.47. The van der Waals surface area contributed by atoms with Crippen molar-refractivity contribution < 1.29 is 9.53 Å². The first-order valence-corrected chi connectivity index (χ1v) is 7.93. The number of tetrazole rings is 1. The number of amides is 1. The summed E-state index contributed by atoms with van der Waals surface area (Å²) >= 11 is 0. The Hall–Kier alpha value is -3.22. The van der Waals surface area contributed by atoms with Gasteiger partial charge in [0, 0.05) is 11.1 Å². The highest BCUT2D eigenvalue weighted by atomic mass is 16.5. The highest BCUT2D eigenvalue weighted by Crippen LogP contribution is 2.25. The maximum absolute atomic E-state index is 12.6. The minimum absolute atomic E-state index is 0.121. The second kappa shape index (κ2) is 7.12. The highest BCUT2D eigenvalue weighted by Gasteiger charge is 2.14. The number of nitrogens with one attached hydrogen (secondary N) is 1. The Morgan fingerprint density at radius 3 is 2.72 bits per heavy atom. The molecule has 7 heteroatoms. The van der Waals surface area contributed by atoms with E-state index in [1.807, 2.05) is 38.1 Å². The average molecular weight is 337 g/mol. The van der Waals surface area contributed by atoms with Crippen LogP contribution in [0, 0.1) is 0 Å². The first-order chi connectivity index (χ1) is 12.1. The van der Waals surface area contributed by atoms with Gasteiger partial charge in [0.15, 0.2) is 5.82 Å². The molecule has 0 bridgehead atoms. The molecule has 0 aliphatic carbocycles. The molecule has 1 N–H and O–H groups in total. The molecule has 0 saturated carbocycles. The molecule has 0 saturated heterocycles. The van der Waals surface area contributed by atoms with E-state index in [9.17, 15) is 4.79 Å². The molecule has 0 aliphatic rings. The molecule has 0 spiro atoms. The van der Waals surface area contributed by atoms with Crippen LogP contribution in [-0.4, -0.2) is 33.2 Å². The third kappa shape index (κ3) is 3.50. The Balaban J connectivity index is 1.88. The fourth-order valence-electron chi connectivity index (χ4n) is 2.47. The molecule has 0 radical (unpaired) electrons. The predicted octanol–water partition coefficient (Wildman–Crippen LogP) is 3.18. The van der Waals surface area contributed by atoms with Crippen LogP contribution in [0.15, 0.2) is 48.5 Å². The van der Waals surface area contributed by atoms with Crippen molar-refractivity contribution in [3.63, 3.8) is 0 Å². The molecule has 0 atom stereocenters. The van der Waals surface area contributed by atoms with Crippen molar-refractivity contribution in [2.24, 2.45) is 0 Å². The van der Waals surface area contributed by atoms with Gasteiger partial charge in [-0.15, -0.1) is 5.10 Å². The maximum atomic E-state index is 12.6. The Kier molecular flexibility index (Phi) is 4.74. The van der Waals surface area contributed by atoms with Gasteiger partial charge in [-0.25, -0.2) is 4.68 Å². The average Bonchev–Trinajstić information content (AvgIpc) is 3.12. The number of aromatic nitrogens is 4. The number of para-hydroxylation sites is 2. The van der Waals surface area contributed by atoms with Crippen molar-refractivity contribution in [2.75, 3.05) is 12.4 Å². The summed E-state index contributed by atoms with van der Waals surface area (Å²) in [4.78, 5) is 12.6.